The number of carbonyl (C=O) groups excluding carboxylic acids is 4. The molecule has 1 saturated heterocycles. The monoisotopic (exact) mass is 1020 g/mol. The van der Waals surface area contributed by atoms with Gasteiger partial charge < -0.3 is 47.4 Å². The normalized spacial score (nSPS) is 20.7. The molecule has 2 saturated carbocycles. The van der Waals surface area contributed by atoms with E-state index in [1.54, 1.807) is 41.2 Å². The molecule has 4 aliphatic heterocycles. The van der Waals surface area contributed by atoms with E-state index >= 15 is 0 Å². The molecule has 390 valence electrons. The third-order valence-corrected chi connectivity index (χ3v) is 19.8. The van der Waals surface area contributed by atoms with Crippen molar-refractivity contribution < 1.29 is 56.8 Å². The minimum Gasteiger partial charge on any atom is -0.497 e. The van der Waals surface area contributed by atoms with Crippen molar-refractivity contribution in [3.63, 3.8) is 0 Å². The maximum absolute atomic E-state index is 14.8. The number of hydrogen-bond acceptors (Lipinski definition) is 12. The average molecular weight is 1020 g/mol. The van der Waals surface area contributed by atoms with Gasteiger partial charge in [0.15, 0.2) is 37.5 Å². The highest BCUT2D eigenvalue weighted by molar-refractivity contribution is 6.74. The number of ether oxygens (including phenoxy) is 7. The summed E-state index contributed by atoms with van der Waals surface area (Å²) in [5, 5.41) is -0.180. The zero-order chi connectivity index (χ0) is 51.8. The Morgan fingerprint density at radius 1 is 0.795 bits per heavy atom. The van der Waals surface area contributed by atoms with Crippen LogP contribution in [0.5, 0.6) is 28.7 Å². The summed E-state index contributed by atoms with van der Waals surface area (Å²) in [5.41, 5.74) is 3.31. The molecule has 0 bridgehead atoms. The molecule has 9 rings (SSSR count). The summed E-state index contributed by atoms with van der Waals surface area (Å²) in [6.07, 6.45) is 10.0. The zero-order valence-electron chi connectivity index (χ0n) is 43.4. The predicted molar refractivity (Wildman–Crippen MR) is 280 cm³/mol. The van der Waals surface area contributed by atoms with Crippen molar-refractivity contribution >= 4 is 49.3 Å². The summed E-state index contributed by atoms with van der Waals surface area (Å²) in [5.74, 6) is 1.92. The minimum absolute atomic E-state index is 0.00226. The Balaban J connectivity index is 0.914. The number of unbranched alkanes of at least 4 members (excludes halogenated alkanes) is 2. The van der Waals surface area contributed by atoms with E-state index in [9.17, 15) is 19.2 Å². The van der Waals surface area contributed by atoms with Crippen LogP contribution in [0.4, 0.5) is 21.0 Å². The van der Waals surface area contributed by atoms with Crippen LogP contribution in [0.25, 0.3) is 5.57 Å². The molecule has 4 amide bonds. The molecule has 1 spiro atoms. The molecule has 0 radical (unpaired) electrons. The fraction of sp³-hybridized carbons (Fsp3) is 0.500. The number of benzene rings is 3. The standard InChI is InChI=1S/C56H70N4O12Si/c1-10-23-69-53(63)58-34-38-27-37(36-15-17-39(65-6)18-16-36)33-57(38)50(61)41-28-46(66-7)47(30-43(41)58)67-25-13-12-14-26-68-48-31-44-42(29-49(48)71-40-19-20-40)51(62)59-35-56(21-22-56)32-45(59)52(60(44)54(64)70-24-11-2)72-73(8,9)55(3,4)5/h10-11,15-18,28-31,33,38,40,45,52H,1-2,12-14,19-27,32,34-35H2,3-9H3/t38-,45-,52?/m0/s1. The Morgan fingerprint density at radius 2 is 1.42 bits per heavy atom. The fourth-order valence-electron chi connectivity index (χ4n) is 9.92. The van der Waals surface area contributed by atoms with E-state index in [0.29, 0.717) is 85.4 Å². The lowest BCUT2D eigenvalue weighted by atomic mass is 10.0. The van der Waals surface area contributed by atoms with Crippen molar-refractivity contribution in [1.29, 1.82) is 0 Å². The van der Waals surface area contributed by atoms with E-state index in [2.05, 4.69) is 47.0 Å². The van der Waals surface area contributed by atoms with Gasteiger partial charge in [0.05, 0.1) is 74.7 Å². The molecule has 3 aromatic carbocycles. The maximum atomic E-state index is 14.8. The molecule has 4 heterocycles. The first kappa shape index (κ1) is 51.4. The van der Waals surface area contributed by atoms with E-state index in [4.69, 9.17) is 37.6 Å². The summed E-state index contributed by atoms with van der Waals surface area (Å²) < 4.78 is 49.0. The lowest BCUT2D eigenvalue weighted by Gasteiger charge is -2.44. The first-order valence-electron chi connectivity index (χ1n) is 25.6. The summed E-state index contributed by atoms with van der Waals surface area (Å²) >= 11 is 0. The largest absolute Gasteiger partial charge is 0.497 e. The highest BCUT2D eigenvalue weighted by Crippen LogP contribution is 2.58. The second kappa shape index (κ2) is 20.8. The Kier molecular flexibility index (Phi) is 14.7. The van der Waals surface area contributed by atoms with Gasteiger partial charge in [0, 0.05) is 24.9 Å². The number of carbonyl (C=O) groups is 4. The summed E-state index contributed by atoms with van der Waals surface area (Å²) in [6, 6.07) is 13.8. The van der Waals surface area contributed by atoms with Crippen molar-refractivity contribution in [3.05, 3.63) is 96.7 Å². The van der Waals surface area contributed by atoms with Crippen LogP contribution in [0.2, 0.25) is 18.1 Å². The first-order chi connectivity index (χ1) is 35.0. The van der Waals surface area contributed by atoms with Gasteiger partial charge in [-0.25, -0.2) is 14.5 Å². The summed E-state index contributed by atoms with van der Waals surface area (Å²) in [6.45, 7) is 19.7. The van der Waals surface area contributed by atoms with Crippen LogP contribution in [0.15, 0.2) is 80.0 Å². The van der Waals surface area contributed by atoms with Crippen LogP contribution in [-0.2, 0) is 13.9 Å². The predicted octanol–water partition coefficient (Wildman–Crippen LogP) is 10.8. The molecule has 3 aromatic rings. The quantitative estimate of drug-likeness (QED) is 0.0637. The van der Waals surface area contributed by atoms with Gasteiger partial charge in [0.1, 0.15) is 19.0 Å². The Bertz CT molecular complexity index is 2660. The van der Waals surface area contributed by atoms with E-state index in [1.165, 1.54) is 24.2 Å². The first-order valence-corrected chi connectivity index (χ1v) is 28.5. The van der Waals surface area contributed by atoms with E-state index < -0.39 is 26.7 Å². The molecule has 0 N–H and O–H groups in total. The topological polar surface area (TPSA) is 155 Å². The van der Waals surface area contributed by atoms with Crippen LogP contribution in [0.3, 0.4) is 0 Å². The van der Waals surface area contributed by atoms with Gasteiger partial charge in [0.25, 0.3) is 11.8 Å². The molecule has 6 aliphatic rings. The molecule has 3 atom stereocenters. The lowest BCUT2D eigenvalue weighted by Crippen LogP contribution is -2.58. The summed E-state index contributed by atoms with van der Waals surface area (Å²) in [7, 11) is 0.598. The van der Waals surface area contributed by atoms with Crippen molar-refractivity contribution in [3.8, 4) is 28.7 Å². The molecular weight excluding hydrogens is 949 g/mol. The van der Waals surface area contributed by atoms with Crippen molar-refractivity contribution in [2.24, 2.45) is 5.41 Å². The van der Waals surface area contributed by atoms with Crippen molar-refractivity contribution in [2.75, 3.05) is 63.5 Å². The molecule has 16 nitrogen and oxygen atoms in total. The third-order valence-electron chi connectivity index (χ3n) is 15.3. The highest BCUT2D eigenvalue weighted by atomic mass is 28.4. The maximum Gasteiger partial charge on any atom is 0.416 e. The van der Waals surface area contributed by atoms with Crippen molar-refractivity contribution in [2.45, 2.75) is 121 Å². The van der Waals surface area contributed by atoms with Gasteiger partial charge in [-0.3, -0.25) is 14.5 Å². The van der Waals surface area contributed by atoms with Crippen molar-refractivity contribution in [1.82, 2.24) is 9.80 Å². The van der Waals surface area contributed by atoms with Gasteiger partial charge in [0.2, 0.25) is 0 Å². The van der Waals surface area contributed by atoms with E-state index in [-0.39, 0.29) is 65.8 Å². The summed E-state index contributed by atoms with van der Waals surface area (Å²) in [4.78, 5) is 63.9. The number of fused-ring (bicyclic) bond motifs is 4. The van der Waals surface area contributed by atoms with Crippen LogP contribution in [0.1, 0.15) is 105 Å². The minimum atomic E-state index is -2.53. The third kappa shape index (κ3) is 10.7. The number of rotatable bonds is 19. The lowest BCUT2D eigenvalue weighted by molar-refractivity contribution is 0.0528. The number of hydrogen-bond donors (Lipinski definition) is 0. The molecule has 3 fully saturated rings. The average Bonchev–Trinajstić information content (AvgIpc) is 4.28. The van der Waals surface area contributed by atoms with Gasteiger partial charge in [-0.1, -0.05) is 58.2 Å². The van der Waals surface area contributed by atoms with E-state index in [1.807, 2.05) is 35.4 Å². The molecule has 1 unspecified atom stereocenters. The molecule has 73 heavy (non-hydrogen) atoms. The van der Waals surface area contributed by atoms with Gasteiger partial charge in [-0.2, -0.15) is 0 Å². The van der Waals surface area contributed by atoms with E-state index in [0.717, 1.165) is 49.0 Å². The van der Waals surface area contributed by atoms with Gasteiger partial charge in [-0.05, 0) is 117 Å². The fourth-order valence-corrected chi connectivity index (χ4v) is 11.1. The smallest absolute Gasteiger partial charge is 0.416 e. The van der Waals surface area contributed by atoms with Crippen LogP contribution in [-0.4, -0.2) is 120 Å². The number of methoxy groups -OCH3 is 2. The second-order valence-electron chi connectivity index (χ2n) is 21.5. The van der Waals surface area contributed by atoms with Gasteiger partial charge >= 0.3 is 12.2 Å². The van der Waals surface area contributed by atoms with Crippen LogP contribution in [0, 0.1) is 5.41 Å². The molecular formula is C56H70N4O12Si. The molecule has 0 aromatic heterocycles. The zero-order valence-corrected chi connectivity index (χ0v) is 44.4. The molecule has 2 aliphatic carbocycles. The second-order valence-corrected chi connectivity index (χ2v) is 26.3. The SMILES string of the molecule is C=CCOC(=O)N1C[C@@H]2CC(c3ccc(OC)cc3)=CN2C(=O)c2cc(OC)c(OCCCCCOc3cc4c(cc3OC3CC3)C(=O)N3CC5(CC5)C[C@H]3C(O[Si](C)(C)C(C)(C)C)N4C(=O)OCC=C)cc21. The number of anilines is 2. The number of nitrogens with zero attached hydrogens (tertiary/aromatic N) is 4. The van der Waals surface area contributed by atoms with Gasteiger partial charge in [-0.15, -0.1) is 0 Å². The number of amides is 4. The van der Waals surface area contributed by atoms with Crippen LogP contribution < -0.4 is 33.5 Å². The Morgan fingerprint density at radius 3 is 2.04 bits per heavy atom. The Hall–Kier alpha value is -6.46. The Labute approximate surface area is 429 Å². The highest BCUT2D eigenvalue weighted by Gasteiger charge is 2.60. The van der Waals surface area contributed by atoms with Crippen LogP contribution >= 0.6 is 0 Å². The molecule has 17 heteroatoms.